The van der Waals surface area contributed by atoms with E-state index in [1.54, 1.807) is 37.3 Å². The van der Waals surface area contributed by atoms with Crippen LogP contribution in [0.3, 0.4) is 0 Å². The molecule has 26 heavy (non-hydrogen) atoms. The maximum atomic E-state index is 11.9. The Morgan fingerprint density at radius 2 is 1.85 bits per heavy atom. The van der Waals surface area contributed by atoms with Crippen molar-refractivity contribution in [1.82, 2.24) is 10.9 Å². The lowest BCUT2D eigenvalue weighted by molar-refractivity contribution is -0.128. The first kappa shape index (κ1) is 19.3. The minimum absolute atomic E-state index is 0.0319. The average Bonchev–Trinajstić information content (AvgIpc) is 3.14. The summed E-state index contributed by atoms with van der Waals surface area (Å²) < 4.78 is 5.03. The smallest absolute Gasteiger partial charge is 0.262 e. The molecule has 136 valence electrons. The van der Waals surface area contributed by atoms with Gasteiger partial charge in [0.15, 0.2) is 0 Å². The van der Waals surface area contributed by atoms with Crippen molar-refractivity contribution in [2.24, 2.45) is 0 Å². The summed E-state index contributed by atoms with van der Waals surface area (Å²) in [5.41, 5.74) is 5.80. The highest BCUT2D eigenvalue weighted by molar-refractivity contribution is 6.31. The van der Waals surface area contributed by atoms with Gasteiger partial charge in [-0.15, -0.1) is 0 Å². The molecule has 3 N–H and O–H groups in total. The quantitative estimate of drug-likeness (QED) is 0.533. The number of hydrogen-bond donors (Lipinski definition) is 3. The number of carbonyl (C=O) groups is 3. The number of halogens is 1. The number of anilines is 1. The van der Waals surface area contributed by atoms with Gasteiger partial charge in [0.2, 0.25) is 11.8 Å². The van der Waals surface area contributed by atoms with E-state index in [2.05, 4.69) is 16.2 Å². The van der Waals surface area contributed by atoms with Crippen molar-refractivity contribution in [2.75, 3.05) is 5.32 Å². The summed E-state index contributed by atoms with van der Waals surface area (Å²) >= 11 is 5.99. The zero-order chi connectivity index (χ0) is 18.9. The molecule has 8 heteroatoms. The molecule has 0 aliphatic rings. The third kappa shape index (κ3) is 6.10. The molecule has 0 spiro atoms. The molecule has 0 fully saturated rings. The number of carbonyl (C=O) groups excluding carboxylic acids is 3. The second-order valence-electron chi connectivity index (χ2n) is 5.35. The Balaban J connectivity index is 1.70. The molecule has 0 radical (unpaired) electrons. The number of furan rings is 1. The first-order valence-electron chi connectivity index (χ1n) is 7.81. The Morgan fingerprint density at radius 3 is 2.58 bits per heavy atom. The van der Waals surface area contributed by atoms with Crippen molar-refractivity contribution in [2.45, 2.75) is 19.8 Å². The Labute approximate surface area is 155 Å². The molecular weight excluding hydrogens is 358 g/mol. The second kappa shape index (κ2) is 9.43. The number of benzene rings is 1. The third-order valence-electron chi connectivity index (χ3n) is 3.39. The standard InChI is InChI=1S/C18H18ClN3O4/c1-12-14(19)5-2-6-15(12)20-16(23)9-10-18(25)22-21-17(24)8-7-13-4-3-11-26-13/h2-8,11H,9-10H2,1H3,(H,20,23)(H,21,24)(H,22,25)/b8-7+. The van der Waals surface area contributed by atoms with Gasteiger partial charge in [0, 0.05) is 29.6 Å². The van der Waals surface area contributed by atoms with Crippen molar-refractivity contribution in [3.8, 4) is 0 Å². The number of rotatable bonds is 6. The average molecular weight is 376 g/mol. The van der Waals surface area contributed by atoms with Gasteiger partial charge in [-0.1, -0.05) is 17.7 Å². The van der Waals surface area contributed by atoms with Crippen LogP contribution in [0, 0.1) is 6.92 Å². The van der Waals surface area contributed by atoms with Crippen LogP contribution >= 0.6 is 11.6 Å². The summed E-state index contributed by atoms with van der Waals surface area (Å²) in [5, 5.41) is 3.24. The monoisotopic (exact) mass is 375 g/mol. The van der Waals surface area contributed by atoms with E-state index in [9.17, 15) is 14.4 Å². The first-order valence-corrected chi connectivity index (χ1v) is 8.19. The van der Waals surface area contributed by atoms with Crippen molar-refractivity contribution in [3.05, 3.63) is 59.0 Å². The molecule has 0 aliphatic carbocycles. The molecule has 0 unspecified atom stereocenters. The van der Waals surface area contributed by atoms with E-state index in [1.165, 1.54) is 18.4 Å². The van der Waals surface area contributed by atoms with Crippen LogP contribution in [0.4, 0.5) is 5.69 Å². The van der Waals surface area contributed by atoms with Crippen LogP contribution in [0.5, 0.6) is 0 Å². The normalized spacial score (nSPS) is 10.5. The van der Waals surface area contributed by atoms with Gasteiger partial charge >= 0.3 is 0 Å². The number of hydrogen-bond acceptors (Lipinski definition) is 4. The molecule has 1 heterocycles. The maximum Gasteiger partial charge on any atom is 0.262 e. The minimum Gasteiger partial charge on any atom is -0.465 e. The Morgan fingerprint density at radius 1 is 1.08 bits per heavy atom. The zero-order valence-electron chi connectivity index (χ0n) is 14.0. The summed E-state index contributed by atoms with van der Waals surface area (Å²) in [4.78, 5) is 35.1. The van der Waals surface area contributed by atoms with E-state index in [-0.39, 0.29) is 18.7 Å². The van der Waals surface area contributed by atoms with Crippen LogP contribution in [0.1, 0.15) is 24.2 Å². The lowest BCUT2D eigenvalue weighted by Crippen LogP contribution is -2.41. The van der Waals surface area contributed by atoms with E-state index in [1.807, 2.05) is 0 Å². The van der Waals surface area contributed by atoms with Crippen LogP contribution in [0.2, 0.25) is 5.02 Å². The molecule has 0 atom stereocenters. The number of hydrazine groups is 1. The Hall–Kier alpha value is -3.06. The maximum absolute atomic E-state index is 11.9. The van der Waals surface area contributed by atoms with Gasteiger partial charge in [-0.2, -0.15) is 0 Å². The molecule has 0 bridgehead atoms. The lowest BCUT2D eigenvalue weighted by Gasteiger charge is -2.09. The molecule has 1 aromatic carbocycles. The van der Waals surface area contributed by atoms with Crippen molar-refractivity contribution in [1.29, 1.82) is 0 Å². The minimum atomic E-state index is -0.520. The fourth-order valence-electron chi connectivity index (χ4n) is 1.96. The van der Waals surface area contributed by atoms with E-state index < -0.39 is 11.8 Å². The SMILES string of the molecule is Cc1c(Cl)cccc1NC(=O)CCC(=O)NNC(=O)/C=C/c1ccco1. The topological polar surface area (TPSA) is 100 Å². The van der Waals surface area contributed by atoms with E-state index in [0.717, 1.165) is 5.56 Å². The fourth-order valence-corrected chi connectivity index (χ4v) is 2.14. The van der Waals surface area contributed by atoms with Crippen LogP contribution in [0.15, 0.2) is 47.1 Å². The van der Waals surface area contributed by atoms with Gasteiger partial charge in [-0.05, 0) is 42.8 Å². The summed E-state index contributed by atoms with van der Waals surface area (Å²) in [6.45, 7) is 1.79. The highest BCUT2D eigenvalue weighted by Gasteiger charge is 2.10. The predicted octanol–water partition coefficient (Wildman–Crippen LogP) is 2.82. The molecule has 2 aromatic rings. The zero-order valence-corrected chi connectivity index (χ0v) is 14.8. The Bertz CT molecular complexity index is 816. The first-order chi connectivity index (χ1) is 12.5. The van der Waals surface area contributed by atoms with Gasteiger partial charge < -0.3 is 9.73 Å². The molecular formula is C18H18ClN3O4. The molecule has 0 saturated heterocycles. The Kier molecular flexibility index (Phi) is 6.99. The van der Waals surface area contributed by atoms with E-state index in [0.29, 0.717) is 16.5 Å². The molecule has 0 saturated carbocycles. The van der Waals surface area contributed by atoms with Gasteiger partial charge in [0.1, 0.15) is 5.76 Å². The molecule has 3 amide bonds. The molecule has 7 nitrogen and oxygen atoms in total. The van der Waals surface area contributed by atoms with Gasteiger partial charge in [-0.25, -0.2) is 0 Å². The highest BCUT2D eigenvalue weighted by atomic mass is 35.5. The predicted molar refractivity (Wildman–Crippen MR) is 98.1 cm³/mol. The van der Waals surface area contributed by atoms with Crippen LogP contribution in [-0.2, 0) is 14.4 Å². The van der Waals surface area contributed by atoms with Crippen LogP contribution in [0.25, 0.3) is 6.08 Å². The van der Waals surface area contributed by atoms with Gasteiger partial charge in [0.05, 0.1) is 6.26 Å². The van der Waals surface area contributed by atoms with Crippen molar-refractivity contribution < 1.29 is 18.8 Å². The van der Waals surface area contributed by atoms with Crippen molar-refractivity contribution >= 4 is 41.1 Å². The highest BCUT2D eigenvalue weighted by Crippen LogP contribution is 2.23. The summed E-state index contributed by atoms with van der Waals surface area (Å²) in [5.74, 6) is -0.814. The number of amides is 3. The van der Waals surface area contributed by atoms with E-state index >= 15 is 0 Å². The van der Waals surface area contributed by atoms with Crippen LogP contribution in [-0.4, -0.2) is 17.7 Å². The van der Waals surface area contributed by atoms with Gasteiger partial charge in [0.25, 0.3) is 5.91 Å². The second-order valence-corrected chi connectivity index (χ2v) is 5.75. The lowest BCUT2D eigenvalue weighted by atomic mass is 10.2. The summed E-state index contributed by atoms with van der Waals surface area (Å²) in [6.07, 6.45) is 4.05. The molecule has 1 aromatic heterocycles. The van der Waals surface area contributed by atoms with Gasteiger partial charge in [-0.3, -0.25) is 25.2 Å². The number of nitrogens with one attached hydrogen (secondary N) is 3. The molecule has 0 aliphatic heterocycles. The fraction of sp³-hybridized carbons (Fsp3) is 0.167. The third-order valence-corrected chi connectivity index (χ3v) is 3.80. The van der Waals surface area contributed by atoms with Crippen molar-refractivity contribution in [3.63, 3.8) is 0 Å². The summed E-state index contributed by atoms with van der Waals surface area (Å²) in [6, 6.07) is 8.55. The molecule has 2 rings (SSSR count). The largest absolute Gasteiger partial charge is 0.465 e. The van der Waals surface area contributed by atoms with Crippen LogP contribution < -0.4 is 16.2 Å². The van der Waals surface area contributed by atoms with E-state index in [4.69, 9.17) is 16.0 Å². The summed E-state index contributed by atoms with van der Waals surface area (Å²) in [7, 11) is 0.